The van der Waals surface area contributed by atoms with Crippen molar-refractivity contribution >= 4 is 19.7 Å². The third-order valence-electron chi connectivity index (χ3n) is 4.64. The van der Waals surface area contributed by atoms with Crippen molar-refractivity contribution in [2.45, 2.75) is 29.7 Å². The molecule has 2 aromatic carbocycles. The summed E-state index contributed by atoms with van der Waals surface area (Å²) in [6, 6.07) is 8.25. The fraction of sp³-hybridized carbons (Fsp3) is 0.333. The van der Waals surface area contributed by atoms with Gasteiger partial charge in [-0.2, -0.15) is 0 Å². The normalized spacial score (nSPS) is 22.0. The first-order chi connectivity index (χ1) is 12.6. The van der Waals surface area contributed by atoms with Crippen LogP contribution in [0.2, 0.25) is 0 Å². The van der Waals surface area contributed by atoms with Crippen molar-refractivity contribution < 1.29 is 25.6 Å². The summed E-state index contributed by atoms with van der Waals surface area (Å²) < 4.78 is 76.6. The Bertz CT molecular complexity index is 1050. The molecular formula is C18H19F2NO4S2. The molecule has 9 heteroatoms. The summed E-state index contributed by atoms with van der Waals surface area (Å²) in [4.78, 5) is -0.0999. The number of hydrogen-bond acceptors (Lipinski definition) is 5. The molecule has 0 aromatic heterocycles. The zero-order valence-electron chi connectivity index (χ0n) is 14.5. The fourth-order valence-corrected chi connectivity index (χ4v) is 7.93. The molecule has 1 saturated heterocycles. The number of sulfone groups is 2. The molecule has 1 aliphatic rings. The minimum absolute atomic E-state index is 0.0999. The lowest BCUT2D eigenvalue weighted by atomic mass is 10.2. The highest BCUT2D eigenvalue weighted by Gasteiger charge is 2.45. The van der Waals surface area contributed by atoms with E-state index in [-0.39, 0.29) is 22.8 Å². The Morgan fingerprint density at radius 1 is 1.07 bits per heavy atom. The van der Waals surface area contributed by atoms with Crippen molar-refractivity contribution in [2.75, 3.05) is 11.5 Å². The lowest BCUT2D eigenvalue weighted by Gasteiger charge is -2.20. The Kier molecular flexibility index (Phi) is 5.38. The third-order valence-corrected chi connectivity index (χ3v) is 8.79. The van der Waals surface area contributed by atoms with Crippen LogP contribution in [0.4, 0.5) is 8.78 Å². The topological polar surface area (TPSA) is 80.3 Å². The van der Waals surface area contributed by atoms with E-state index in [0.29, 0.717) is 5.56 Å². The van der Waals surface area contributed by atoms with E-state index in [1.54, 1.807) is 12.1 Å². The quantitative estimate of drug-likeness (QED) is 0.756. The van der Waals surface area contributed by atoms with Gasteiger partial charge in [0, 0.05) is 12.6 Å². The van der Waals surface area contributed by atoms with Gasteiger partial charge in [0.15, 0.2) is 19.7 Å². The van der Waals surface area contributed by atoms with Gasteiger partial charge in [-0.25, -0.2) is 25.6 Å². The van der Waals surface area contributed by atoms with Gasteiger partial charge in [0.2, 0.25) is 0 Å². The summed E-state index contributed by atoms with van der Waals surface area (Å²) in [6.45, 7) is 1.65. The number of rotatable bonds is 5. The summed E-state index contributed by atoms with van der Waals surface area (Å²) in [7, 11) is -7.52. The molecule has 1 fully saturated rings. The van der Waals surface area contributed by atoms with Crippen molar-refractivity contribution in [1.82, 2.24) is 5.32 Å². The van der Waals surface area contributed by atoms with E-state index < -0.39 is 48.4 Å². The molecule has 2 atom stereocenters. The maximum atomic E-state index is 13.5. The number of nitrogens with one attached hydrogen (secondary N) is 1. The van der Waals surface area contributed by atoms with Crippen LogP contribution >= 0.6 is 0 Å². The van der Waals surface area contributed by atoms with E-state index in [9.17, 15) is 25.6 Å². The molecule has 1 heterocycles. The average Bonchev–Trinajstić information content (AvgIpc) is 2.92. The van der Waals surface area contributed by atoms with Crippen molar-refractivity contribution in [1.29, 1.82) is 0 Å². The monoisotopic (exact) mass is 415 g/mol. The lowest BCUT2D eigenvalue weighted by Crippen LogP contribution is -2.43. The fourth-order valence-electron chi connectivity index (χ4n) is 3.13. The Morgan fingerprint density at radius 3 is 2.37 bits per heavy atom. The molecule has 146 valence electrons. The molecule has 0 amide bonds. The molecule has 0 unspecified atom stereocenters. The van der Waals surface area contributed by atoms with Crippen LogP contribution < -0.4 is 5.32 Å². The van der Waals surface area contributed by atoms with Crippen LogP contribution in [0.25, 0.3) is 0 Å². The molecule has 0 saturated carbocycles. The van der Waals surface area contributed by atoms with Gasteiger partial charge in [-0.05, 0) is 48.4 Å². The summed E-state index contributed by atoms with van der Waals surface area (Å²) in [6.07, 6.45) is 0. The van der Waals surface area contributed by atoms with Crippen molar-refractivity contribution in [3.63, 3.8) is 0 Å². The van der Waals surface area contributed by atoms with Crippen LogP contribution in [0.15, 0.2) is 47.4 Å². The Hall–Kier alpha value is -1.84. The zero-order chi connectivity index (χ0) is 19.8. The molecule has 0 spiro atoms. The standard InChI is InChI=1S/C18H19F2NO4S2/c1-12-8-15(6-7-16(12)20)27(24,25)18-11-26(22,23)10-17(18)21-9-13-2-4-14(19)5-3-13/h2-8,17-18,21H,9-11H2,1H3/t17-,18-/m0/s1. The van der Waals surface area contributed by atoms with Crippen LogP contribution in [0, 0.1) is 18.6 Å². The number of hydrogen-bond donors (Lipinski definition) is 1. The van der Waals surface area contributed by atoms with Gasteiger partial charge in [-0.1, -0.05) is 12.1 Å². The SMILES string of the molecule is Cc1cc(S(=O)(=O)[C@H]2CS(=O)(=O)C[C@@H]2NCc2ccc(F)cc2)ccc1F. The van der Waals surface area contributed by atoms with Gasteiger partial charge in [0.25, 0.3) is 0 Å². The summed E-state index contributed by atoms with van der Waals surface area (Å²) in [5, 5.41) is 1.80. The van der Waals surface area contributed by atoms with Gasteiger partial charge in [-0.15, -0.1) is 0 Å². The summed E-state index contributed by atoms with van der Waals surface area (Å²) in [5.41, 5.74) is 0.877. The van der Waals surface area contributed by atoms with E-state index in [4.69, 9.17) is 0 Å². The predicted octanol–water partition coefficient (Wildman–Crippen LogP) is 2.00. The van der Waals surface area contributed by atoms with Crippen molar-refractivity contribution in [3.05, 3.63) is 65.2 Å². The van der Waals surface area contributed by atoms with Crippen LogP contribution in [-0.2, 0) is 26.2 Å². The first kappa shape index (κ1) is 19.9. The van der Waals surface area contributed by atoms with E-state index in [0.717, 1.165) is 12.1 Å². The number of halogens is 2. The van der Waals surface area contributed by atoms with E-state index in [1.165, 1.54) is 25.1 Å². The highest BCUT2D eigenvalue weighted by atomic mass is 32.2. The van der Waals surface area contributed by atoms with Crippen LogP contribution in [0.3, 0.4) is 0 Å². The smallest absolute Gasteiger partial charge is 0.183 e. The number of aryl methyl sites for hydroxylation is 1. The van der Waals surface area contributed by atoms with Crippen molar-refractivity contribution in [2.24, 2.45) is 0 Å². The van der Waals surface area contributed by atoms with Gasteiger partial charge < -0.3 is 5.32 Å². The second kappa shape index (κ2) is 7.29. The Morgan fingerprint density at radius 2 is 1.74 bits per heavy atom. The Labute approximate surface area is 157 Å². The molecule has 0 bridgehead atoms. The molecule has 0 aliphatic carbocycles. The number of benzene rings is 2. The van der Waals surface area contributed by atoms with Gasteiger partial charge >= 0.3 is 0 Å². The van der Waals surface area contributed by atoms with Gasteiger partial charge in [0.1, 0.15) is 11.6 Å². The summed E-state index contributed by atoms with van der Waals surface area (Å²) >= 11 is 0. The maximum absolute atomic E-state index is 13.5. The maximum Gasteiger partial charge on any atom is 0.183 e. The summed E-state index contributed by atoms with van der Waals surface area (Å²) in [5.74, 6) is -1.72. The van der Waals surface area contributed by atoms with Gasteiger partial charge in [0.05, 0.1) is 21.7 Å². The first-order valence-corrected chi connectivity index (χ1v) is 11.6. The van der Waals surface area contributed by atoms with Crippen molar-refractivity contribution in [3.8, 4) is 0 Å². The highest BCUT2D eigenvalue weighted by Crippen LogP contribution is 2.27. The third kappa shape index (κ3) is 4.36. The second-order valence-corrected chi connectivity index (χ2v) is 11.0. The van der Waals surface area contributed by atoms with E-state index in [2.05, 4.69) is 5.32 Å². The molecule has 2 aromatic rings. The molecule has 3 rings (SSSR count). The highest BCUT2D eigenvalue weighted by molar-refractivity contribution is 7.96. The predicted molar refractivity (Wildman–Crippen MR) is 97.8 cm³/mol. The average molecular weight is 415 g/mol. The molecule has 1 aliphatic heterocycles. The zero-order valence-corrected chi connectivity index (χ0v) is 16.2. The Balaban J connectivity index is 1.86. The molecular weight excluding hydrogens is 396 g/mol. The van der Waals surface area contributed by atoms with Crippen LogP contribution in [-0.4, -0.2) is 39.6 Å². The first-order valence-electron chi connectivity index (χ1n) is 8.27. The van der Waals surface area contributed by atoms with E-state index >= 15 is 0 Å². The lowest BCUT2D eigenvalue weighted by molar-refractivity contribution is 0.525. The molecule has 0 radical (unpaired) electrons. The largest absolute Gasteiger partial charge is 0.308 e. The van der Waals surface area contributed by atoms with Gasteiger partial charge in [-0.3, -0.25) is 0 Å². The molecule has 27 heavy (non-hydrogen) atoms. The van der Waals surface area contributed by atoms with Crippen LogP contribution in [0.1, 0.15) is 11.1 Å². The minimum Gasteiger partial charge on any atom is -0.308 e. The van der Waals surface area contributed by atoms with E-state index in [1.807, 2.05) is 0 Å². The second-order valence-electron chi connectivity index (χ2n) is 6.69. The molecule has 5 nitrogen and oxygen atoms in total. The van der Waals surface area contributed by atoms with Crippen LogP contribution in [0.5, 0.6) is 0 Å². The minimum atomic E-state index is -3.98. The molecule has 1 N–H and O–H groups in total.